The smallest absolute Gasteiger partial charge is 0.274 e. The van der Waals surface area contributed by atoms with Gasteiger partial charge >= 0.3 is 0 Å². The van der Waals surface area contributed by atoms with E-state index in [2.05, 4.69) is 15.3 Å². The molecule has 2 aromatic rings. The van der Waals surface area contributed by atoms with Gasteiger partial charge in [0.25, 0.3) is 5.91 Å². The number of carbonyl (C=O) groups excluding carboxylic acids is 1. The van der Waals surface area contributed by atoms with Crippen LogP contribution in [0.1, 0.15) is 41.9 Å². The van der Waals surface area contributed by atoms with Gasteiger partial charge in [0.1, 0.15) is 33.6 Å². The Labute approximate surface area is 179 Å². The van der Waals surface area contributed by atoms with Crippen LogP contribution in [0, 0.1) is 11.3 Å². The number of ether oxygens (including phenoxy) is 1. The average molecular weight is 439 g/mol. The molecular formula is C21H21N5O4S. The highest BCUT2D eigenvalue weighted by Gasteiger charge is 2.52. The molecule has 0 bridgehead atoms. The van der Waals surface area contributed by atoms with Gasteiger partial charge in [0, 0.05) is 23.9 Å². The van der Waals surface area contributed by atoms with Crippen molar-refractivity contribution in [1.29, 1.82) is 5.26 Å². The zero-order valence-electron chi connectivity index (χ0n) is 17.0. The van der Waals surface area contributed by atoms with E-state index in [0.717, 1.165) is 0 Å². The number of amides is 1. The van der Waals surface area contributed by atoms with Gasteiger partial charge in [0.15, 0.2) is 9.84 Å². The molecule has 0 radical (unpaired) electrons. The Balaban J connectivity index is 1.71. The summed E-state index contributed by atoms with van der Waals surface area (Å²) in [5.74, 6) is -0.0933. The molecule has 0 saturated heterocycles. The summed E-state index contributed by atoms with van der Waals surface area (Å²) in [6, 6.07) is 9.91. The number of aromatic nitrogens is 1. The SMILES string of the molecule is CC1(C)C(N)=NC2(CCOc3ccc(NC(=O)c4ccc(C#N)cn4)cc32)CS1(=O)=O. The van der Waals surface area contributed by atoms with Crippen LogP contribution in [-0.4, -0.2) is 42.3 Å². The first kappa shape index (κ1) is 20.8. The van der Waals surface area contributed by atoms with Crippen LogP contribution >= 0.6 is 0 Å². The number of nitrogens with one attached hydrogen (secondary N) is 1. The summed E-state index contributed by atoms with van der Waals surface area (Å²) < 4.78 is 30.5. The molecule has 1 aromatic carbocycles. The van der Waals surface area contributed by atoms with Crippen molar-refractivity contribution >= 4 is 27.3 Å². The van der Waals surface area contributed by atoms with Crippen molar-refractivity contribution in [3.63, 3.8) is 0 Å². The van der Waals surface area contributed by atoms with Gasteiger partial charge in [-0.05, 0) is 44.2 Å². The number of aliphatic imine (C=N–C) groups is 1. The molecule has 9 nitrogen and oxygen atoms in total. The molecule has 3 N–H and O–H groups in total. The molecule has 4 rings (SSSR count). The number of sulfone groups is 1. The van der Waals surface area contributed by atoms with E-state index in [-0.39, 0.29) is 17.3 Å². The molecule has 0 fully saturated rings. The van der Waals surface area contributed by atoms with Crippen LogP contribution in [0.25, 0.3) is 0 Å². The van der Waals surface area contributed by atoms with E-state index in [1.54, 1.807) is 32.0 Å². The highest BCUT2D eigenvalue weighted by molar-refractivity contribution is 7.93. The van der Waals surface area contributed by atoms with Crippen LogP contribution in [0.5, 0.6) is 5.75 Å². The lowest BCUT2D eigenvalue weighted by molar-refractivity contribution is 0.102. The minimum Gasteiger partial charge on any atom is -0.493 e. The summed E-state index contributed by atoms with van der Waals surface area (Å²) in [5, 5.41) is 11.6. The van der Waals surface area contributed by atoms with Gasteiger partial charge in [-0.15, -0.1) is 0 Å². The number of rotatable bonds is 2. The van der Waals surface area contributed by atoms with E-state index >= 15 is 0 Å². The van der Waals surface area contributed by atoms with Gasteiger partial charge in [0.2, 0.25) is 0 Å². The number of nitriles is 1. The van der Waals surface area contributed by atoms with Crippen molar-refractivity contribution in [3.8, 4) is 11.8 Å². The van der Waals surface area contributed by atoms with Gasteiger partial charge in [-0.2, -0.15) is 5.26 Å². The van der Waals surface area contributed by atoms with Crippen molar-refractivity contribution in [3.05, 3.63) is 53.3 Å². The molecule has 10 heteroatoms. The second kappa shape index (κ2) is 7.06. The Morgan fingerprint density at radius 1 is 1.29 bits per heavy atom. The quantitative estimate of drug-likeness (QED) is 0.724. The highest BCUT2D eigenvalue weighted by Crippen LogP contribution is 2.46. The molecule has 1 atom stereocenters. The Morgan fingerprint density at radius 2 is 2.06 bits per heavy atom. The van der Waals surface area contributed by atoms with Gasteiger partial charge in [-0.25, -0.2) is 13.4 Å². The van der Waals surface area contributed by atoms with Crippen molar-refractivity contribution in [2.75, 3.05) is 17.7 Å². The topological polar surface area (TPSA) is 148 Å². The molecule has 1 unspecified atom stereocenters. The van der Waals surface area contributed by atoms with Crippen LogP contribution < -0.4 is 15.8 Å². The fraction of sp³-hybridized carbons (Fsp3) is 0.333. The number of fused-ring (bicyclic) bond motifs is 2. The second-order valence-corrected chi connectivity index (χ2v) is 10.6. The van der Waals surface area contributed by atoms with E-state index < -0.39 is 26.0 Å². The third-order valence-electron chi connectivity index (χ3n) is 5.79. The molecule has 2 aliphatic rings. The van der Waals surface area contributed by atoms with Crippen LogP contribution in [0.15, 0.2) is 41.5 Å². The number of hydrogen-bond acceptors (Lipinski definition) is 8. The standard InChI is InChI=1S/C21H21N5O4S/c1-20(2)19(23)26-21(12-31(20,28)29)7-8-30-17-6-4-14(9-15(17)21)25-18(27)16-5-3-13(10-22)11-24-16/h3-6,9,11H,7-8,12H2,1-2H3,(H2,23,26)(H,25,27). The summed E-state index contributed by atoms with van der Waals surface area (Å²) in [6.07, 6.45) is 1.67. The largest absolute Gasteiger partial charge is 0.493 e. The minimum absolute atomic E-state index is 0.0582. The maximum atomic E-state index is 13.0. The number of carbonyl (C=O) groups is 1. The zero-order chi connectivity index (χ0) is 22.4. The summed E-state index contributed by atoms with van der Waals surface area (Å²) >= 11 is 0. The Hall–Kier alpha value is -3.45. The third-order valence-corrected chi connectivity index (χ3v) is 8.42. The molecule has 0 aliphatic carbocycles. The summed E-state index contributed by atoms with van der Waals surface area (Å²) in [7, 11) is -3.58. The first-order chi connectivity index (χ1) is 14.6. The molecule has 160 valence electrons. The van der Waals surface area contributed by atoms with Gasteiger partial charge in [0.05, 0.1) is 17.9 Å². The predicted octanol–water partition coefficient (Wildman–Crippen LogP) is 1.75. The summed E-state index contributed by atoms with van der Waals surface area (Å²) in [5.41, 5.74) is 6.52. The fourth-order valence-electron chi connectivity index (χ4n) is 3.67. The summed E-state index contributed by atoms with van der Waals surface area (Å²) in [6.45, 7) is 3.41. The molecule has 3 heterocycles. The van der Waals surface area contributed by atoms with Crippen molar-refractivity contribution in [2.45, 2.75) is 30.6 Å². The van der Waals surface area contributed by atoms with Gasteiger partial charge in [-0.1, -0.05) is 0 Å². The van der Waals surface area contributed by atoms with Crippen LogP contribution in [0.4, 0.5) is 5.69 Å². The number of anilines is 1. The van der Waals surface area contributed by atoms with Crippen LogP contribution in [-0.2, 0) is 15.4 Å². The Bertz CT molecular complexity index is 1250. The zero-order valence-corrected chi connectivity index (χ0v) is 17.9. The lowest BCUT2D eigenvalue weighted by Crippen LogP contribution is -2.56. The minimum atomic E-state index is -3.58. The van der Waals surface area contributed by atoms with Gasteiger partial charge < -0.3 is 15.8 Å². The van der Waals surface area contributed by atoms with Gasteiger partial charge in [-0.3, -0.25) is 9.79 Å². The molecule has 0 saturated carbocycles. The molecular weight excluding hydrogens is 418 g/mol. The second-order valence-electron chi connectivity index (χ2n) is 8.11. The number of nitrogens with two attached hydrogens (primary N) is 1. The lowest BCUT2D eigenvalue weighted by Gasteiger charge is -2.42. The van der Waals surface area contributed by atoms with E-state index in [9.17, 15) is 13.2 Å². The van der Waals surface area contributed by atoms with Crippen LogP contribution in [0.3, 0.4) is 0 Å². The van der Waals surface area contributed by atoms with Crippen molar-refractivity contribution < 1.29 is 17.9 Å². The maximum Gasteiger partial charge on any atom is 0.274 e. The van der Waals surface area contributed by atoms with Crippen LogP contribution in [0.2, 0.25) is 0 Å². The predicted molar refractivity (Wildman–Crippen MR) is 115 cm³/mol. The molecule has 31 heavy (non-hydrogen) atoms. The normalized spacial score (nSPS) is 23.1. The third kappa shape index (κ3) is 3.41. The molecule has 1 amide bonds. The fourth-order valence-corrected chi connectivity index (χ4v) is 5.39. The number of nitrogens with zero attached hydrogens (tertiary/aromatic N) is 3. The van der Waals surface area contributed by atoms with E-state index in [1.807, 2.05) is 6.07 Å². The molecule has 1 spiro atoms. The number of pyridine rings is 1. The Morgan fingerprint density at radius 3 is 2.71 bits per heavy atom. The maximum absolute atomic E-state index is 13.0. The summed E-state index contributed by atoms with van der Waals surface area (Å²) in [4.78, 5) is 21.2. The number of amidine groups is 1. The van der Waals surface area contributed by atoms with E-state index in [4.69, 9.17) is 15.7 Å². The number of benzene rings is 1. The lowest BCUT2D eigenvalue weighted by atomic mass is 9.85. The first-order valence-corrected chi connectivity index (χ1v) is 11.3. The van der Waals surface area contributed by atoms with E-state index in [0.29, 0.717) is 35.6 Å². The highest BCUT2D eigenvalue weighted by atomic mass is 32.2. The molecule has 2 aliphatic heterocycles. The average Bonchev–Trinajstić information content (AvgIpc) is 2.73. The van der Waals surface area contributed by atoms with Crippen molar-refractivity contribution in [2.24, 2.45) is 10.7 Å². The van der Waals surface area contributed by atoms with Crippen molar-refractivity contribution in [1.82, 2.24) is 4.98 Å². The monoisotopic (exact) mass is 439 g/mol. The number of hydrogen-bond donors (Lipinski definition) is 2. The van der Waals surface area contributed by atoms with E-state index in [1.165, 1.54) is 18.3 Å². The Kier molecular flexibility index (Phi) is 4.74. The first-order valence-electron chi connectivity index (χ1n) is 9.61. The molecule has 1 aromatic heterocycles.